The van der Waals surface area contributed by atoms with Crippen molar-refractivity contribution in [2.24, 2.45) is 0 Å². The second kappa shape index (κ2) is 7.05. The standard InChI is InChI=1S/C17H24N6O2/c1-25-13-9-14(17-20-19-15-10-18-5-8-23(15)17)22(11-13)12-16(24)21-6-3-2-4-7-21/h5,8,10,13-14H,2-4,6-7,9,11-12H2,1H3/t13-,14+/m1/s1. The average Bonchev–Trinajstić information content (AvgIpc) is 3.26. The van der Waals surface area contributed by atoms with Gasteiger partial charge in [-0.3, -0.25) is 19.1 Å². The predicted molar refractivity (Wildman–Crippen MR) is 90.9 cm³/mol. The van der Waals surface area contributed by atoms with E-state index in [1.165, 1.54) is 6.42 Å². The number of fused-ring (bicyclic) bond motifs is 1. The van der Waals surface area contributed by atoms with Crippen LogP contribution in [0.25, 0.3) is 5.65 Å². The fourth-order valence-corrected chi connectivity index (χ4v) is 3.89. The smallest absolute Gasteiger partial charge is 0.236 e. The molecule has 25 heavy (non-hydrogen) atoms. The molecule has 2 aliphatic heterocycles. The molecule has 0 unspecified atom stereocenters. The molecule has 0 N–H and O–H groups in total. The molecule has 2 aromatic rings. The largest absolute Gasteiger partial charge is 0.380 e. The second-order valence-corrected chi connectivity index (χ2v) is 6.84. The molecule has 0 radical (unpaired) electrons. The number of nitrogens with zero attached hydrogens (tertiary/aromatic N) is 6. The molecule has 0 saturated carbocycles. The molecule has 8 heteroatoms. The zero-order valence-corrected chi connectivity index (χ0v) is 14.5. The van der Waals surface area contributed by atoms with Crippen molar-refractivity contribution in [1.29, 1.82) is 0 Å². The van der Waals surface area contributed by atoms with E-state index in [9.17, 15) is 4.79 Å². The van der Waals surface area contributed by atoms with E-state index in [2.05, 4.69) is 20.1 Å². The number of hydrogen-bond donors (Lipinski definition) is 0. The highest BCUT2D eigenvalue weighted by atomic mass is 16.5. The van der Waals surface area contributed by atoms with Gasteiger partial charge in [-0.15, -0.1) is 10.2 Å². The zero-order valence-electron chi connectivity index (χ0n) is 14.5. The highest BCUT2D eigenvalue weighted by molar-refractivity contribution is 5.78. The van der Waals surface area contributed by atoms with Crippen LogP contribution < -0.4 is 0 Å². The molecular weight excluding hydrogens is 320 g/mol. The lowest BCUT2D eigenvalue weighted by Gasteiger charge is -2.30. The number of ether oxygens (including phenoxy) is 1. The molecule has 134 valence electrons. The summed E-state index contributed by atoms with van der Waals surface area (Å²) in [6.45, 7) is 2.90. The maximum absolute atomic E-state index is 12.7. The summed E-state index contributed by atoms with van der Waals surface area (Å²) in [6, 6.07) is 0.0242. The monoisotopic (exact) mass is 344 g/mol. The van der Waals surface area contributed by atoms with Crippen molar-refractivity contribution >= 4 is 11.6 Å². The lowest BCUT2D eigenvalue weighted by atomic mass is 10.1. The Morgan fingerprint density at radius 3 is 2.92 bits per heavy atom. The average molecular weight is 344 g/mol. The van der Waals surface area contributed by atoms with Gasteiger partial charge < -0.3 is 9.64 Å². The third kappa shape index (κ3) is 3.23. The zero-order chi connectivity index (χ0) is 17.2. The van der Waals surface area contributed by atoms with Gasteiger partial charge in [0, 0.05) is 39.1 Å². The summed E-state index contributed by atoms with van der Waals surface area (Å²) in [7, 11) is 1.73. The maximum atomic E-state index is 12.7. The van der Waals surface area contributed by atoms with Crippen molar-refractivity contribution in [1.82, 2.24) is 29.4 Å². The molecule has 1 amide bonds. The first-order valence-electron chi connectivity index (χ1n) is 8.95. The van der Waals surface area contributed by atoms with Gasteiger partial charge in [-0.1, -0.05) is 0 Å². The highest BCUT2D eigenvalue weighted by Gasteiger charge is 2.37. The van der Waals surface area contributed by atoms with Gasteiger partial charge >= 0.3 is 0 Å². The number of likely N-dealkylation sites (tertiary alicyclic amines) is 2. The van der Waals surface area contributed by atoms with E-state index in [4.69, 9.17) is 4.74 Å². The number of methoxy groups -OCH3 is 1. The number of carbonyl (C=O) groups excluding carboxylic acids is 1. The van der Waals surface area contributed by atoms with Crippen LogP contribution in [0.5, 0.6) is 0 Å². The van der Waals surface area contributed by atoms with Crippen molar-refractivity contribution in [3.8, 4) is 0 Å². The highest BCUT2D eigenvalue weighted by Crippen LogP contribution is 2.32. The number of aromatic nitrogens is 4. The van der Waals surface area contributed by atoms with Gasteiger partial charge in [0.15, 0.2) is 11.5 Å². The van der Waals surface area contributed by atoms with Crippen LogP contribution in [0.1, 0.15) is 37.5 Å². The van der Waals surface area contributed by atoms with Crippen LogP contribution in [0.15, 0.2) is 18.6 Å². The molecular formula is C17H24N6O2. The molecule has 0 spiro atoms. The first-order chi connectivity index (χ1) is 12.3. The topological polar surface area (TPSA) is 75.9 Å². The van der Waals surface area contributed by atoms with E-state index in [1.807, 2.05) is 15.5 Å². The summed E-state index contributed by atoms with van der Waals surface area (Å²) in [5.74, 6) is 1.06. The fraction of sp³-hybridized carbons (Fsp3) is 0.647. The molecule has 0 aromatic carbocycles. The quantitative estimate of drug-likeness (QED) is 0.820. The van der Waals surface area contributed by atoms with Crippen LogP contribution >= 0.6 is 0 Å². The minimum absolute atomic E-state index is 0.0242. The minimum atomic E-state index is 0.0242. The Labute approximate surface area is 146 Å². The molecule has 2 saturated heterocycles. The van der Waals surface area contributed by atoms with Crippen LogP contribution in [-0.4, -0.2) is 74.7 Å². The Kier molecular flexibility index (Phi) is 4.63. The Morgan fingerprint density at radius 2 is 2.12 bits per heavy atom. The van der Waals surface area contributed by atoms with Gasteiger partial charge in [0.1, 0.15) is 0 Å². The number of amides is 1. The van der Waals surface area contributed by atoms with Gasteiger partial charge in [-0.25, -0.2) is 0 Å². The van der Waals surface area contributed by atoms with E-state index in [0.717, 1.165) is 50.4 Å². The van der Waals surface area contributed by atoms with Crippen molar-refractivity contribution in [3.05, 3.63) is 24.4 Å². The molecule has 4 rings (SSSR count). The summed E-state index contributed by atoms with van der Waals surface area (Å²) < 4.78 is 7.52. The van der Waals surface area contributed by atoms with Crippen LogP contribution in [-0.2, 0) is 9.53 Å². The molecule has 0 bridgehead atoms. The summed E-state index contributed by atoms with van der Waals surface area (Å²) in [6.07, 6.45) is 9.65. The number of piperidine rings is 1. The van der Waals surface area contributed by atoms with Crippen molar-refractivity contribution in [2.45, 2.75) is 37.8 Å². The van der Waals surface area contributed by atoms with Crippen molar-refractivity contribution in [2.75, 3.05) is 33.3 Å². The molecule has 2 aliphatic rings. The van der Waals surface area contributed by atoms with E-state index in [1.54, 1.807) is 19.5 Å². The van der Waals surface area contributed by atoms with Crippen LogP contribution in [0.2, 0.25) is 0 Å². The Morgan fingerprint density at radius 1 is 1.28 bits per heavy atom. The molecule has 4 heterocycles. The summed E-state index contributed by atoms with van der Waals surface area (Å²) in [5, 5.41) is 8.57. The summed E-state index contributed by atoms with van der Waals surface area (Å²) in [5.41, 5.74) is 0.723. The first kappa shape index (κ1) is 16.4. The third-order valence-corrected chi connectivity index (χ3v) is 5.28. The van der Waals surface area contributed by atoms with Crippen molar-refractivity contribution < 1.29 is 9.53 Å². The second-order valence-electron chi connectivity index (χ2n) is 6.84. The Hall–Kier alpha value is -2.06. The Bertz CT molecular complexity index is 742. The van der Waals surface area contributed by atoms with E-state index in [-0.39, 0.29) is 18.1 Å². The van der Waals surface area contributed by atoms with E-state index >= 15 is 0 Å². The lowest BCUT2D eigenvalue weighted by molar-refractivity contribution is -0.133. The molecule has 8 nitrogen and oxygen atoms in total. The van der Waals surface area contributed by atoms with Gasteiger partial charge in [0.25, 0.3) is 0 Å². The van der Waals surface area contributed by atoms with Gasteiger partial charge in [-0.05, 0) is 25.7 Å². The lowest BCUT2D eigenvalue weighted by Crippen LogP contribution is -2.43. The SMILES string of the molecule is CO[C@@H]1C[C@@H](c2nnc3cnccn23)N(CC(=O)N2CCCCC2)C1. The van der Waals surface area contributed by atoms with Crippen molar-refractivity contribution in [3.63, 3.8) is 0 Å². The Balaban J connectivity index is 1.55. The van der Waals surface area contributed by atoms with Gasteiger partial charge in [-0.2, -0.15) is 0 Å². The fourth-order valence-electron chi connectivity index (χ4n) is 3.89. The number of hydrogen-bond acceptors (Lipinski definition) is 6. The molecule has 0 aliphatic carbocycles. The normalized spacial score (nSPS) is 24.9. The van der Waals surface area contributed by atoms with Crippen LogP contribution in [0, 0.1) is 0 Å². The van der Waals surface area contributed by atoms with Crippen LogP contribution in [0.3, 0.4) is 0 Å². The first-order valence-corrected chi connectivity index (χ1v) is 8.95. The van der Waals surface area contributed by atoms with Crippen LogP contribution in [0.4, 0.5) is 0 Å². The maximum Gasteiger partial charge on any atom is 0.236 e. The summed E-state index contributed by atoms with van der Waals surface area (Å²) in [4.78, 5) is 21.0. The predicted octanol–water partition coefficient (Wildman–Crippen LogP) is 0.899. The minimum Gasteiger partial charge on any atom is -0.380 e. The molecule has 2 atom stereocenters. The summed E-state index contributed by atoms with van der Waals surface area (Å²) >= 11 is 0. The van der Waals surface area contributed by atoms with Gasteiger partial charge in [0.05, 0.1) is 24.9 Å². The number of rotatable bonds is 4. The van der Waals surface area contributed by atoms with E-state index in [0.29, 0.717) is 6.54 Å². The molecule has 2 fully saturated rings. The van der Waals surface area contributed by atoms with E-state index < -0.39 is 0 Å². The molecule has 2 aromatic heterocycles. The third-order valence-electron chi connectivity index (χ3n) is 5.28. The van der Waals surface area contributed by atoms with Gasteiger partial charge in [0.2, 0.25) is 5.91 Å². The number of carbonyl (C=O) groups is 1.